The van der Waals surface area contributed by atoms with Crippen molar-refractivity contribution in [3.05, 3.63) is 24.3 Å². The highest BCUT2D eigenvalue weighted by molar-refractivity contribution is 6.39. The fourth-order valence-electron chi connectivity index (χ4n) is 3.42. The third kappa shape index (κ3) is 4.53. The van der Waals surface area contributed by atoms with Crippen molar-refractivity contribution in [1.82, 2.24) is 14.7 Å². The van der Waals surface area contributed by atoms with E-state index in [4.69, 9.17) is 0 Å². The van der Waals surface area contributed by atoms with E-state index in [0.29, 0.717) is 18.8 Å². The fraction of sp³-hybridized carbons (Fsp3) is 0.579. The Labute approximate surface area is 155 Å². The molecule has 2 heterocycles. The molecule has 2 aliphatic rings. The van der Waals surface area contributed by atoms with Crippen LogP contribution in [0.2, 0.25) is 0 Å². The van der Waals surface area contributed by atoms with Crippen molar-refractivity contribution in [1.29, 1.82) is 0 Å². The zero-order valence-corrected chi connectivity index (χ0v) is 15.8. The number of likely N-dealkylation sites (N-methyl/N-ethyl adjacent to an activating group) is 2. The zero-order valence-electron chi connectivity index (χ0n) is 15.8. The minimum atomic E-state index is -0.553. The summed E-state index contributed by atoms with van der Waals surface area (Å²) in [6.45, 7) is 10.1. The molecule has 2 fully saturated rings. The molecule has 0 radical (unpaired) electrons. The number of nitrogens with zero attached hydrogens (tertiary/aromatic N) is 4. The lowest BCUT2D eigenvalue weighted by atomic mass is 10.2. The number of piperazine rings is 2. The largest absolute Gasteiger partial charge is 0.369 e. The van der Waals surface area contributed by atoms with Gasteiger partial charge in [-0.3, -0.25) is 9.59 Å². The van der Waals surface area contributed by atoms with Gasteiger partial charge in [0.1, 0.15) is 0 Å². The minimum absolute atomic E-state index is 0.441. The minimum Gasteiger partial charge on any atom is -0.369 e. The summed E-state index contributed by atoms with van der Waals surface area (Å²) >= 11 is 0. The molecule has 0 aromatic heterocycles. The lowest BCUT2D eigenvalue weighted by molar-refractivity contribution is -0.144. The first-order valence-corrected chi connectivity index (χ1v) is 9.43. The molecule has 2 aliphatic heterocycles. The van der Waals surface area contributed by atoms with Crippen molar-refractivity contribution in [2.75, 3.05) is 76.2 Å². The van der Waals surface area contributed by atoms with Crippen LogP contribution in [-0.4, -0.2) is 92.5 Å². The molecular weight excluding hydrogens is 330 g/mol. The number of hydrogen-bond acceptors (Lipinski definition) is 5. The van der Waals surface area contributed by atoms with E-state index in [1.165, 1.54) is 0 Å². The van der Waals surface area contributed by atoms with Gasteiger partial charge in [-0.15, -0.1) is 0 Å². The van der Waals surface area contributed by atoms with Crippen molar-refractivity contribution in [3.8, 4) is 0 Å². The van der Waals surface area contributed by atoms with Gasteiger partial charge in [0.25, 0.3) is 0 Å². The number of anilines is 2. The van der Waals surface area contributed by atoms with Gasteiger partial charge in [0, 0.05) is 63.7 Å². The molecule has 2 amide bonds. The first-order valence-electron chi connectivity index (χ1n) is 9.43. The van der Waals surface area contributed by atoms with Crippen LogP contribution in [0, 0.1) is 0 Å². The summed E-state index contributed by atoms with van der Waals surface area (Å²) in [7, 11) is 2.13. The van der Waals surface area contributed by atoms with Crippen LogP contribution in [0.1, 0.15) is 6.92 Å². The van der Waals surface area contributed by atoms with Crippen molar-refractivity contribution in [2.45, 2.75) is 6.92 Å². The van der Waals surface area contributed by atoms with E-state index in [2.05, 4.69) is 34.0 Å². The monoisotopic (exact) mass is 359 g/mol. The molecule has 142 valence electrons. The second-order valence-corrected chi connectivity index (χ2v) is 7.02. The Morgan fingerprint density at radius 1 is 0.923 bits per heavy atom. The summed E-state index contributed by atoms with van der Waals surface area (Å²) in [6, 6.07) is 7.75. The Bertz CT molecular complexity index is 617. The van der Waals surface area contributed by atoms with Crippen molar-refractivity contribution >= 4 is 23.2 Å². The van der Waals surface area contributed by atoms with Crippen LogP contribution in [-0.2, 0) is 9.59 Å². The molecule has 3 rings (SSSR count). The quantitative estimate of drug-likeness (QED) is 0.799. The smallest absolute Gasteiger partial charge is 0.313 e. The molecule has 0 spiro atoms. The predicted molar refractivity (Wildman–Crippen MR) is 103 cm³/mol. The third-order valence-electron chi connectivity index (χ3n) is 5.29. The zero-order chi connectivity index (χ0) is 18.5. The molecule has 7 heteroatoms. The molecule has 0 atom stereocenters. The molecule has 1 N–H and O–H groups in total. The number of rotatable bonds is 3. The second-order valence-electron chi connectivity index (χ2n) is 7.02. The third-order valence-corrected chi connectivity index (χ3v) is 5.29. The lowest BCUT2D eigenvalue weighted by Crippen LogP contribution is -2.51. The van der Waals surface area contributed by atoms with Crippen LogP contribution in [0.3, 0.4) is 0 Å². The van der Waals surface area contributed by atoms with Crippen molar-refractivity contribution < 1.29 is 9.59 Å². The first kappa shape index (κ1) is 18.7. The standard InChI is InChI=1S/C19H29N5O2/c1-3-22-10-14-24(15-11-22)19(26)18(25)20-16-4-6-17(7-5-16)23-12-8-21(2)9-13-23/h4-7H,3,8-15H2,1-2H3,(H,20,25). The highest BCUT2D eigenvalue weighted by atomic mass is 16.2. The molecular formula is C19H29N5O2. The first-order chi connectivity index (χ1) is 12.6. The average Bonchev–Trinajstić information content (AvgIpc) is 2.69. The summed E-state index contributed by atoms with van der Waals surface area (Å²) in [5.74, 6) is -0.994. The molecule has 1 aromatic rings. The maximum absolute atomic E-state index is 12.3. The highest BCUT2D eigenvalue weighted by Gasteiger charge is 2.25. The van der Waals surface area contributed by atoms with Gasteiger partial charge in [-0.25, -0.2) is 0 Å². The summed E-state index contributed by atoms with van der Waals surface area (Å²) in [4.78, 5) is 33.1. The van der Waals surface area contributed by atoms with E-state index < -0.39 is 11.8 Å². The molecule has 0 bridgehead atoms. The Morgan fingerprint density at radius 3 is 2.12 bits per heavy atom. The van der Waals surface area contributed by atoms with Gasteiger partial charge in [0.2, 0.25) is 0 Å². The predicted octanol–water partition coefficient (Wildman–Crippen LogP) is 0.541. The molecule has 26 heavy (non-hydrogen) atoms. The Kier molecular flexibility index (Phi) is 6.11. The van der Waals surface area contributed by atoms with Crippen LogP contribution >= 0.6 is 0 Å². The normalized spacial score (nSPS) is 19.5. The van der Waals surface area contributed by atoms with E-state index in [-0.39, 0.29) is 0 Å². The topological polar surface area (TPSA) is 59.1 Å². The van der Waals surface area contributed by atoms with Gasteiger partial charge < -0.3 is 24.9 Å². The maximum Gasteiger partial charge on any atom is 0.313 e. The number of carbonyl (C=O) groups excluding carboxylic acids is 2. The molecule has 0 unspecified atom stereocenters. The number of nitrogens with one attached hydrogen (secondary N) is 1. The Hall–Kier alpha value is -2.12. The van der Waals surface area contributed by atoms with Gasteiger partial charge in [0.15, 0.2) is 0 Å². The molecule has 0 saturated carbocycles. The SMILES string of the molecule is CCN1CCN(C(=O)C(=O)Nc2ccc(N3CCN(C)CC3)cc2)CC1. The second kappa shape index (κ2) is 8.51. The summed E-state index contributed by atoms with van der Waals surface area (Å²) < 4.78 is 0. The molecule has 0 aliphatic carbocycles. The van der Waals surface area contributed by atoms with E-state index in [9.17, 15) is 9.59 Å². The van der Waals surface area contributed by atoms with E-state index in [0.717, 1.165) is 51.5 Å². The van der Waals surface area contributed by atoms with Crippen LogP contribution in [0.25, 0.3) is 0 Å². The van der Waals surface area contributed by atoms with Gasteiger partial charge in [-0.05, 0) is 37.9 Å². The van der Waals surface area contributed by atoms with Gasteiger partial charge >= 0.3 is 11.8 Å². The van der Waals surface area contributed by atoms with E-state index in [1.807, 2.05) is 24.3 Å². The number of benzene rings is 1. The number of carbonyl (C=O) groups is 2. The van der Waals surface area contributed by atoms with Crippen LogP contribution in [0.5, 0.6) is 0 Å². The van der Waals surface area contributed by atoms with Gasteiger partial charge in [-0.1, -0.05) is 6.92 Å². The highest BCUT2D eigenvalue weighted by Crippen LogP contribution is 2.19. The lowest BCUT2D eigenvalue weighted by Gasteiger charge is -2.34. The van der Waals surface area contributed by atoms with Gasteiger partial charge in [-0.2, -0.15) is 0 Å². The summed E-state index contributed by atoms with van der Waals surface area (Å²) in [5.41, 5.74) is 1.81. The molecule has 2 saturated heterocycles. The Balaban J connectivity index is 1.52. The van der Waals surface area contributed by atoms with Crippen molar-refractivity contribution in [3.63, 3.8) is 0 Å². The summed E-state index contributed by atoms with van der Waals surface area (Å²) in [5, 5.41) is 2.73. The fourth-order valence-corrected chi connectivity index (χ4v) is 3.42. The van der Waals surface area contributed by atoms with Crippen LogP contribution in [0.4, 0.5) is 11.4 Å². The van der Waals surface area contributed by atoms with E-state index >= 15 is 0 Å². The maximum atomic E-state index is 12.3. The van der Waals surface area contributed by atoms with Crippen LogP contribution < -0.4 is 10.2 Å². The number of hydrogen-bond donors (Lipinski definition) is 1. The molecule has 7 nitrogen and oxygen atoms in total. The Morgan fingerprint density at radius 2 is 1.54 bits per heavy atom. The van der Waals surface area contributed by atoms with Gasteiger partial charge in [0.05, 0.1) is 0 Å². The average molecular weight is 359 g/mol. The number of amides is 2. The summed E-state index contributed by atoms with van der Waals surface area (Å²) in [6.07, 6.45) is 0. The van der Waals surface area contributed by atoms with Crippen LogP contribution in [0.15, 0.2) is 24.3 Å². The van der Waals surface area contributed by atoms with Crippen molar-refractivity contribution in [2.24, 2.45) is 0 Å². The van der Waals surface area contributed by atoms with E-state index in [1.54, 1.807) is 4.90 Å². The molecule has 1 aromatic carbocycles.